The Morgan fingerprint density at radius 1 is 1.67 bits per heavy atom. The van der Waals surface area contributed by atoms with Gasteiger partial charge in [-0.2, -0.15) is 5.26 Å². The Bertz CT molecular complexity index is 524. The lowest BCUT2D eigenvalue weighted by atomic mass is 9.92. The molecule has 0 aromatic heterocycles. The van der Waals surface area contributed by atoms with Crippen LogP contribution in [0.15, 0.2) is 30.9 Å². The summed E-state index contributed by atoms with van der Waals surface area (Å²) in [4.78, 5) is 10.0. The third-order valence-corrected chi connectivity index (χ3v) is 3.05. The Morgan fingerprint density at radius 3 is 2.83 bits per heavy atom. The molecule has 5 heteroatoms. The van der Waals surface area contributed by atoms with Gasteiger partial charge in [0.1, 0.15) is 10.7 Å². The fraction of sp³-hybridized carbons (Fsp3) is 0.231. The number of nitrogens with two attached hydrogens (primary N) is 1. The summed E-state index contributed by atoms with van der Waals surface area (Å²) >= 11 is 6.13. The molecule has 1 aromatic rings. The van der Waals surface area contributed by atoms with Crippen molar-refractivity contribution < 1.29 is 9.18 Å². The second-order valence-corrected chi connectivity index (χ2v) is 4.64. The molecule has 0 saturated carbocycles. The highest BCUT2D eigenvalue weighted by Gasteiger charge is 2.33. The largest absolute Gasteiger partial charge is 0.368 e. The number of hydrogen-bond acceptors (Lipinski definition) is 2. The summed E-state index contributed by atoms with van der Waals surface area (Å²) in [6.07, 6.45) is 1.71. The van der Waals surface area contributed by atoms with E-state index in [1.807, 2.05) is 6.07 Å². The molecule has 1 aromatic carbocycles. The summed E-state index contributed by atoms with van der Waals surface area (Å²) in [6, 6.07) is 5.60. The number of allylic oxidation sites excluding steroid dienone is 1. The third-order valence-electron chi connectivity index (χ3n) is 2.57. The number of amides is 1. The number of benzene rings is 1. The van der Waals surface area contributed by atoms with Crippen molar-refractivity contribution >= 4 is 17.5 Å². The molecular weight excluding hydrogens is 255 g/mol. The average Bonchev–Trinajstić information content (AvgIpc) is 2.31. The van der Waals surface area contributed by atoms with Gasteiger partial charge < -0.3 is 5.73 Å². The van der Waals surface area contributed by atoms with Gasteiger partial charge in [-0.15, -0.1) is 18.2 Å². The Morgan fingerprint density at radius 2 is 2.33 bits per heavy atom. The first-order valence-corrected chi connectivity index (χ1v) is 5.59. The van der Waals surface area contributed by atoms with Crippen molar-refractivity contribution in [3.63, 3.8) is 0 Å². The van der Waals surface area contributed by atoms with E-state index in [-0.39, 0.29) is 18.4 Å². The van der Waals surface area contributed by atoms with Crippen LogP contribution in [0.3, 0.4) is 0 Å². The van der Waals surface area contributed by atoms with E-state index < -0.39 is 16.6 Å². The maximum absolute atomic E-state index is 13.0. The van der Waals surface area contributed by atoms with Crippen molar-refractivity contribution in [3.05, 3.63) is 47.8 Å². The molecule has 18 heavy (non-hydrogen) atoms. The zero-order valence-electron chi connectivity index (χ0n) is 9.62. The van der Waals surface area contributed by atoms with Gasteiger partial charge in [0.25, 0.3) is 0 Å². The average molecular weight is 267 g/mol. The van der Waals surface area contributed by atoms with Crippen molar-refractivity contribution in [2.75, 3.05) is 0 Å². The number of carbonyl (C=O) groups excluding carboxylic acids is 1. The Kier molecular flexibility index (Phi) is 4.46. The Balaban J connectivity index is 3.13. The number of hydrogen-bond donors (Lipinski definition) is 1. The third kappa shape index (κ3) is 3.08. The molecule has 0 fully saturated rings. The fourth-order valence-corrected chi connectivity index (χ4v) is 1.85. The van der Waals surface area contributed by atoms with Gasteiger partial charge in [0.2, 0.25) is 5.91 Å². The lowest BCUT2D eigenvalue weighted by molar-refractivity contribution is -0.120. The summed E-state index contributed by atoms with van der Waals surface area (Å²) in [5.41, 5.74) is 5.88. The number of rotatable bonds is 5. The molecule has 94 valence electrons. The number of nitrogens with zero attached hydrogens (tertiary/aromatic N) is 1. The highest BCUT2D eigenvalue weighted by Crippen LogP contribution is 2.27. The molecule has 1 unspecified atom stereocenters. The van der Waals surface area contributed by atoms with Crippen LogP contribution in [0, 0.1) is 17.1 Å². The SMILES string of the molecule is C=CCC(Cl)(Cc1ccc(F)cc1C#N)C(N)=O. The molecule has 0 aliphatic rings. The summed E-state index contributed by atoms with van der Waals surface area (Å²) < 4.78 is 13.0. The zero-order valence-corrected chi connectivity index (χ0v) is 10.4. The van der Waals surface area contributed by atoms with Crippen molar-refractivity contribution in [2.45, 2.75) is 17.7 Å². The molecular formula is C13H12ClFN2O. The minimum atomic E-state index is -1.34. The number of alkyl halides is 1. The predicted octanol–water partition coefficient (Wildman–Crippen LogP) is 2.28. The van der Waals surface area contributed by atoms with Crippen LogP contribution in [0.1, 0.15) is 17.5 Å². The Labute approximate surface area is 110 Å². The molecule has 2 N–H and O–H groups in total. The maximum atomic E-state index is 13.0. The molecule has 0 heterocycles. The van der Waals surface area contributed by atoms with E-state index in [1.54, 1.807) is 0 Å². The van der Waals surface area contributed by atoms with Crippen LogP contribution in [-0.2, 0) is 11.2 Å². The second kappa shape index (κ2) is 5.65. The topological polar surface area (TPSA) is 66.9 Å². The highest BCUT2D eigenvalue weighted by atomic mass is 35.5. The van der Waals surface area contributed by atoms with Crippen LogP contribution in [0.25, 0.3) is 0 Å². The van der Waals surface area contributed by atoms with Crippen LogP contribution < -0.4 is 5.73 Å². The fourth-order valence-electron chi connectivity index (χ4n) is 1.60. The van der Waals surface area contributed by atoms with Crippen LogP contribution in [0.5, 0.6) is 0 Å². The van der Waals surface area contributed by atoms with Gasteiger partial charge in [0, 0.05) is 6.42 Å². The first-order valence-electron chi connectivity index (χ1n) is 5.21. The molecule has 0 aliphatic carbocycles. The van der Waals surface area contributed by atoms with Gasteiger partial charge in [-0.25, -0.2) is 4.39 Å². The quantitative estimate of drug-likeness (QED) is 0.656. The minimum absolute atomic E-state index is 0.0546. The van der Waals surface area contributed by atoms with E-state index >= 15 is 0 Å². The smallest absolute Gasteiger partial charge is 0.239 e. The maximum Gasteiger partial charge on any atom is 0.239 e. The molecule has 1 atom stereocenters. The number of halogens is 2. The van der Waals surface area contributed by atoms with Crippen LogP contribution in [0.2, 0.25) is 0 Å². The van der Waals surface area contributed by atoms with Crippen molar-refractivity contribution in [2.24, 2.45) is 5.73 Å². The lowest BCUT2D eigenvalue weighted by Gasteiger charge is -2.22. The molecule has 0 saturated heterocycles. The molecule has 0 aliphatic heterocycles. The first-order chi connectivity index (χ1) is 8.42. The van der Waals surface area contributed by atoms with E-state index in [2.05, 4.69) is 6.58 Å². The standard InChI is InChI=1S/C13H12ClFN2O/c1-2-5-13(14,12(17)18)7-9-3-4-11(15)6-10(9)8-16/h2-4,6H,1,5,7H2,(H2,17,18). The normalized spacial score (nSPS) is 13.4. The zero-order chi connectivity index (χ0) is 13.8. The van der Waals surface area contributed by atoms with Crippen molar-refractivity contribution in [1.29, 1.82) is 5.26 Å². The van der Waals surface area contributed by atoms with Crippen molar-refractivity contribution in [3.8, 4) is 6.07 Å². The summed E-state index contributed by atoms with van der Waals surface area (Å²) in [5.74, 6) is -1.21. The molecule has 0 radical (unpaired) electrons. The van der Waals surface area contributed by atoms with Crippen LogP contribution in [0.4, 0.5) is 4.39 Å². The monoisotopic (exact) mass is 266 g/mol. The number of carbonyl (C=O) groups is 1. The van der Waals surface area contributed by atoms with Gasteiger partial charge in [-0.1, -0.05) is 12.1 Å². The van der Waals surface area contributed by atoms with Crippen molar-refractivity contribution in [1.82, 2.24) is 0 Å². The number of nitriles is 1. The summed E-state index contributed by atoms with van der Waals surface area (Å²) in [6.45, 7) is 3.51. The van der Waals surface area contributed by atoms with Gasteiger partial charge >= 0.3 is 0 Å². The van der Waals surface area contributed by atoms with Crippen LogP contribution >= 0.6 is 11.6 Å². The molecule has 1 amide bonds. The van der Waals surface area contributed by atoms with Crippen LogP contribution in [-0.4, -0.2) is 10.8 Å². The lowest BCUT2D eigenvalue weighted by Crippen LogP contribution is -2.40. The Hall–Kier alpha value is -1.86. The molecule has 1 rings (SSSR count). The molecule has 0 bridgehead atoms. The first kappa shape index (κ1) is 14.2. The van der Waals surface area contributed by atoms with E-state index in [9.17, 15) is 9.18 Å². The van der Waals surface area contributed by atoms with E-state index in [0.29, 0.717) is 5.56 Å². The minimum Gasteiger partial charge on any atom is -0.368 e. The van der Waals surface area contributed by atoms with Gasteiger partial charge in [-0.05, 0) is 24.1 Å². The van der Waals surface area contributed by atoms with E-state index in [0.717, 1.165) is 6.07 Å². The van der Waals surface area contributed by atoms with Gasteiger partial charge in [0.05, 0.1) is 11.6 Å². The molecule has 3 nitrogen and oxygen atoms in total. The summed E-state index contributed by atoms with van der Waals surface area (Å²) in [5, 5.41) is 8.91. The predicted molar refractivity (Wildman–Crippen MR) is 67.4 cm³/mol. The van der Waals surface area contributed by atoms with Gasteiger partial charge in [0.15, 0.2) is 0 Å². The molecule has 0 spiro atoms. The van der Waals surface area contributed by atoms with E-state index in [1.165, 1.54) is 18.2 Å². The number of primary amides is 1. The highest BCUT2D eigenvalue weighted by molar-refractivity contribution is 6.35. The van der Waals surface area contributed by atoms with Gasteiger partial charge in [-0.3, -0.25) is 4.79 Å². The van der Waals surface area contributed by atoms with E-state index in [4.69, 9.17) is 22.6 Å². The second-order valence-electron chi connectivity index (χ2n) is 3.91. The summed E-state index contributed by atoms with van der Waals surface area (Å²) in [7, 11) is 0.